The van der Waals surface area contributed by atoms with E-state index in [1.54, 1.807) is 24.0 Å². The summed E-state index contributed by atoms with van der Waals surface area (Å²) in [5, 5.41) is 11.9. The van der Waals surface area contributed by atoms with E-state index in [2.05, 4.69) is 29.3 Å². The molecule has 0 saturated carbocycles. The number of thiazole rings is 1. The molecule has 2 heterocycles. The lowest BCUT2D eigenvalue weighted by molar-refractivity contribution is -0.115. The standard InChI is InChI=1S/C23H21ClN4O2S2/c1-13-9-14(2)20(15(3)10-13)28(16(4)29)22-25-19(11-31-22)12-32-23-27-26-21(30-23)17-5-7-18(24)8-6-17/h5-11H,12H2,1-4H3. The van der Waals surface area contributed by atoms with Crippen molar-refractivity contribution in [1.29, 1.82) is 0 Å². The van der Waals surface area contributed by atoms with Gasteiger partial charge in [0.25, 0.3) is 5.22 Å². The molecule has 0 N–H and O–H groups in total. The quantitative estimate of drug-likeness (QED) is 0.282. The Labute approximate surface area is 199 Å². The molecule has 0 bridgehead atoms. The van der Waals surface area contributed by atoms with Crippen molar-refractivity contribution in [2.75, 3.05) is 4.90 Å². The Bertz CT molecular complexity index is 1240. The van der Waals surface area contributed by atoms with Crippen LogP contribution in [-0.2, 0) is 10.5 Å². The molecule has 32 heavy (non-hydrogen) atoms. The maximum absolute atomic E-state index is 12.5. The van der Waals surface area contributed by atoms with Gasteiger partial charge in [-0.15, -0.1) is 21.5 Å². The SMILES string of the molecule is CC(=O)N(c1nc(CSc2nnc(-c3ccc(Cl)cc3)o2)cs1)c1c(C)cc(C)cc1C. The normalized spacial score (nSPS) is 11.0. The van der Waals surface area contributed by atoms with Gasteiger partial charge in [0, 0.05) is 28.6 Å². The molecular weight excluding hydrogens is 464 g/mol. The average Bonchev–Trinajstić information content (AvgIpc) is 3.39. The topological polar surface area (TPSA) is 72.1 Å². The Morgan fingerprint density at radius 2 is 1.81 bits per heavy atom. The van der Waals surface area contributed by atoms with Gasteiger partial charge < -0.3 is 4.42 Å². The number of carbonyl (C=O) groups is 1. The number of halogens is 1. The van der Waals surface area contributed by atoms with E-state index in [1.807, 2.05) is 31.4 Å². The van der Waals surface area contributed by atoms with Gasteiger partial charge in [-0.1, -0.05) is 41.1 Å². The molecule has 0 saturated heterocycles. The van der Waals surface area contributed by atoms with Crippen LogP contribution in [0, 0.1) is 20.8 Å². The minimum atomic E-state index is -0.0712. The van der Waals surface area contributed by atoms with Crippen molar-refractivity contribution >= 4 is 51.4 Å². The summed E-state index contributed by atoms with van der Waals surface area (Å²) in [6, 6.07) is 11.4. The zero-order chi connectivity index (χ0) is 22.8. The van der Waals surface area contributed by atoms with Gasteiger partial charge in [0.1, 0.15) is 0 Å². The summed E-state index contributed by atoms with van der Waals surface area (Å²) >= 11 is 8.77. The van der Waals surface area contributed by atoms with Crippen LogP contribution in [0.2, 0.25) is 5.02 Å². The van der Waals surface area contributed by atoms with E-state index in [4.69, 9.17) is 21.0 Å². The van der Waals surface area contributed by atoms with Crippen LogP contribution in [0.1, 0.15) is 29.3 Å². The van der Waals surface area contributed by atoms with Crippen LogP contribution in [0.15, 0.2) is 51.4 Å². The van der Waals surface area contributed by atoms with Crippen molar-refractivity contribution in [2.24, 2.45) is 0 Å². The van der Waals surface area contributed by atoms with E-state index in [1.165, 1.54) is 28.7 Å². The van der Waals surface area contributed by atoms with Crippen molar-refractivity contribution in [2.45, 2.75) is 38.7 Å². The van der Waals surface area contributed by atoms with Crippen molar-refractivity contribution in [1.82, 2.24) is 15.2 Å². The molecular formula is C23H21ClN4O2S2. The summed E-state index contributed by atoms with van der Waals surface area (Å²) < 4.78 is 5.74. The molecule has 0 spiro atoms. The van der Waals surface area contributed by atoms with Crippen LogP contribution < -0.4 is 4.90 Å². The maximum atomic E-state index is 12.5. The van der Waals surface area contributed by atoms with Crippen molar-refractivity contribution in [3.63, 3.8) is 0 Å². The summed E-state index contributed by atoms with van der Waals surface area (Å²) in [4.78, 5) is 18.9. The number of thioether (sulfide) groups is 1. The summed E-state index contributed by atoms with van der Waals surface area (Å²) in [6.07, 6.45) is 0. The van der Waals surface area contributed by atoms with Gasteiger partial charge in [0.2, 0.25) is 11.8 Å². The summed E-state index contributed by atoms with van der Waals surface area (Å²) in [7, 11) is 0. The van der Waals surface area contributed by atoms with Gasteiger partial charge in [-0.05, 0) is 56.2 Å². The first-order valence-electron chi connectivity index (χ1n) is 9.87. The zero-order valence-corrected chi connectivity index (χ0v) is 20.4. The number of amides is 1. The van der Waals surface area contributed by atoms with Crippen LogP contribution >= 0.6 is 34.7 Å². The number of hydrogen-bond acceptors (Lipinski definition) is 7. The van der Waals surface area contributed by atoms with Crippen molar-refractivity contribution < 1.29 is 9.21 Å². The lowest BCUT2D eigenvalue weighted by Crippen LogP contribution is -2.24. The van der Waals surface area contributed by atoms with Crippen LogP contribution in [0.5, 0.6) is 0 Å². The number of nitrogens with zero attached hydrogens (tertiary/aromatic N) is 4. The van der Waals surface area contributed by atoms with E-state index < -0.39 is 0 Å². The second-order valence-electron chi connectivity index (χ2n) is 7.39. The van der Waals surface area contributed by atoms with Gasteiger partial charge in [-0.2, -0.15) is 0 Å². The molecule has 4 rings (SSSR count). The van der Waals surface area contributed by atoms with Crippen LogP contribution in [0.25, 0.3) is 11.5 Å². The summed E-state index contributed by atoms with van der Waals surface area (Å²) in [6.45, 7) is 7.65. The lowest BCUT2D eigenvalue weighted by atomic mass is 10.0. The summed E-state index contributed by atoms with van der Waals surface area (Å²) in [5.74, 6) is 0.922. The number of anilines is 2. The smallest absolute Gasteiger partial charge is 0.277 e. The molecule has 0 atom stereocenters. The Hall–Kier alpha value is -2.68. The van der Waals surface area contributed by atoms with Crippen molar-refractivity contribution in [3.8, 4) is 11.5 Å². The van der Waals surface area contributed by atoms with E-state index in [9.17, 15) is 4.79 Å². The molecule has 2 aromatic heterocycles. The molecule has 9 heteroatoms. The largest absolute Gasteiger partial charge is 0.411 e. The Balaban J connectivity index is 1.50. The van der Waals surface area contributed by atoms with Gasteiger partial charge >= 0.3 is 0 Å². The Morgan fingerprint density at radius 3 is 2.47 bits per heavy atom. The first kappa shape index (κ1) is 22.5. The van der Waals surface area contributed by atoms with E-state index >= 15 is 0 Å². The number of rotatable bonds is 6. The summed E-state index contributed by atoms with van der Waals surface area (Å²) in [5.41, 5.74) is 5.80. The molecule has 2 aromatic carbocycles. The average molecular weight is 485 g/mol. The molecule has 0 radical (unpaired) electrons. The number of carbonyl (C=O) groups excluding carboxylic acids is 1. The predicted molar refractivity (Wildman–Crippen MR) is 130 cm³/mol. The minimum absolute atomic E-state index is 0.0712. The zero-order valence-electron chi connectivity index (χ0n) is 18.0. The van der Waals surface area contributed by atoms with Crippen LogP contribution in [0.3, 0.4) is 0 Å². The van der Waals surface area contributed by atoms with Crippen LogP contribution in [0.4, 0.5) is 10.8 Å². The van der Waals surface area contributed by atoms with Gasteiger partial charge in [0.15, 0.2) is 5.13 Å². The molecule has 0 fully saturated rings. The molecule has 0 aliphatic rings. The van der Waals surface area contributed by atoms with Crippen LogP contribution in [-0.4, -0.2) is 21.1 Å². The molecule has 6 nitrogen and oxygen atoms in total. The second kappa shape index (κ2) is 9.44. The first-order chi connectivity index (χ1) is 15.3. The molecule has 0 unspecified atom stereocenters. The molecule has 1 amide bonds. The predicted octanol–water partition coefficient (Wildman–Crippen LogP) is 6.75. The highest BCUT2D eigenvalue weighted by Gasteiger charge is 2.22. The number of benzene rings is 2. The molecule has 4 aromatic rings. The Kier molecular flexibility index (Phi) is 6.64. The number of hydrogen-bond donors (Lipinski definition) is 0. The third-order valence-corrected chi connectivity index (χ3v) is 6.72. The molecule has 0 aliphatic heterocycles. The highest BCUT2D eigenvalue weighted by Crippen LogP contribution is 2.35. The lowest BCUT2D eigenvalue weighted by Gasteiger charge is -2.23. The van der Waals surface area contributed by atoms with Gasteiger partial charge in [-0.3, -0.25) is 9.69 Å². The fraction of sp³-hybridized carbons (Fsp3) is 0.217. The van der Waals surface area contributed by atoms with Gasteiger partial charge in [0.05, 0.1) is 11.4 Å². The monoisotopic (exact) mass is 484 g/mol. The third kappa shape index (κ3) is 4.87. The fourth-order valence-corrected chi connectivity index (χ4v) is 5.25. The number of aryl methyl sites for hydroxylation is 3. The fourth-order valence-electron chi connectivity index (χ4n) is 3.49. The molecule has 164 valence electrons. The third-order valence-electron chi connectivity index (χ3n) is 4.75. The van der Waals surface area contributed by atoms with Crippen molar-refractivity contribution in [3.05, 3.63) is 69.2 Å². The Morgan fingerprint density at radius 1 is 1.12 bits per heavy atom. The van der Waals surface area contributed by atoms with E-state index in [0.29, 0.717) is 27.0 Å². The van der Waals surface area contributed by atoms with E-state index in [0.717, 1.165) is 28.1 Å². The minimum Gasteiger partial charge on any atom is -0.411 e. The highest BCUT2D eigenvalue weighted by atomic mass is 35.5. The van der Waals surface area contributed by atoms with E-state index in [-0.39, 0.29) is 5.91 Å². The first-order valence-corrected chi connectivity index (χ1v) is 12.1. The highest BCUT2D eigenvalue weighted by molar-refractivity contribution is 7.98. The van der Waals surface area contributed by atoms with Gasteiger partial charge in [-0.25, -0.2) is 4.98 Å². The second-order valence-corrected chi connectivity index (χ2v) is 9.59. The molecule has 0 aliphatic carbocycles. The maximum Gasteiger partial charge on any atom is 0.277 e. The number of aromatic nitrogens is 3.